The molecule has 2 heterocycles. The van der Waals surface area contributed by atoms with Crippen molar-refractivity contribution in [1.29, 1.82) is 0 Å². The second kappa shape index (κ2) is 6.02. The normalized spacial score (nSPS) is 19.6. The molecule has 1 N–H and O–H groups in total. The van der Waals surface area contributed by atoms with Gasteiger partial charge in [0.05, 0.1) is 6.20 Å². The van der Waals surface area contributed by atoms with Gasteiger partial charge in [-0.15, -0.1) is 11.3 Å². The van der Waals surface area contributed by atoms with Gasteiger partial charge in [0.25, 0.3) is 0 Å². The van der Waals surface area contributed by atoms with E-state index in [1.54, 1.807) is 12.3 Å². The number of likely N-dealkylation sites (N-methyl/N-ethyl adjacent to an activating group) is 1. The van der Waals surface area contributed by atoms with Gasteiger partial charge in [-0.3, -0.25) is 4.98 Å². The Balaban J connectivity index is 1.96. The Morgan fingerprint density at radius 3 is 3.20 bits per heavy atom. The van der Waals surface area contributed by atoms with Crippen molar-refractivity contribution in [2.24, 2.45) is 0 Å². The highest BCUT2D eigenvalue weighted by Gasteiger charge is 2.29. The molecule has 20 heavy (non-hydrogen) atoms. The summed E-state index contributed by atoms with van der Waals surface area (Å²) in [5.74, 6) is 0.167. The van der Waals surface area contributed by atoms with Crippen molar-refractivity contribution in [1.82, 2.24) is 10.3 Å². The summed E-state index contributed by atoms with van der Waals surface area (Å²) in [7, 11) is 0. The molecule has 2 nitrogen and oxygen atoms in total. The molecule has 0 aliphatic heterocycles. The highest BCUT2D eigenvalue weighted by atomic mass is 32.1. The maximum absolute atomic E-state index is 13.5. The lowest BCUT2D eigenvalue weighted by atomic mass is 9.80. The number of nitrogens with zero attached hydrogens (tertiary/aromatic N) is 1. The topological polar surface area (TPSA) is 24.9 Å². The van der Waals surface area contributed by atoms with Crippen molar-refractivity contribution in [3.63, 3.8) is 0 Å². The molecule has 1 aliphatic carbocycles. The van der Waals surface area contributed by atoms with Crippen LogP contribution in [0.4, 0.5) is 4.39 Å². The monoisotopic (exact) mass is 290 g/mol. The second-order valence-electron chi connectivity index (χ2n) is 5.27. The van der Waals surface area contributed by atoms with E-state index in [-0.39, 0.29) is 11.9 Å². The fourth-order valence-corrected chi connectivity index (χ4v) is 4.18. The number of aryl methyl sites for hydroxylation is 1. The molecule has 2 aromatic heterocycles. The maximum Gasteiger partial charge on any atom is 0.141 e. The number of hydrogen-bond acceptors (Lipinski definition) is 3. The molecule has 0 fully saturated rings. The number of pyridine rings is 1. The molecule has 1 aliphatic rings. The number of thiophene rings is 1. The van der Waals surface area contributed by atoms with Crippen molar-refractivity contribution in [3.05, 3.63) is 51.7 Å². The van der Waals surface area contributed by atoms with Gasteiger partial charge in [0.1, 0.15) is 5.82 Å². The van der Waals surface area contributed by atoms with E-state index in [2.05, 4.69) is 28.7 Å². The van der Waals surface area contributed by atoms with Crippen LogP contribution in [0.1, 0.15) is 47.7 Å². The van der Waals surface area contributed by atoms with Crippen LogP contribution in [0.15, 0.2) is 29.9 Å². The quantitative estimate of drug-likeness (QED) is 0.918. The number of halogens is 1. The minimum absolute atomic E-state index is 0.150. The van der Waals surface area contributed by atoms with Gasteiger partial charge < -0.3 is 5.32 Å². The molecule has 0 amide bonds. The molecule has 0 radical (unpaired) electrons. The van der Waals surface area contributed by atoms with Crippen LogP contribution in [-0.4, -0.2) is 11.5 Å². The molecule has 0 spiro atoms. The van der Waals surface area contributed by atoms with E-state index in [9.17, 15) is 4.39 Å². The summed E-state index contributed by atoms with van der Waals surface area (Å²) in [4.78, 5) is 5.51. The van der Waals surface area contributed by atoms with Gasteiger partial charge in [-0.25, -0.2) is 4.39 Å². The Bertz CT molecular complexity index is 581. The van der Waals surface area contributed by atoms with E-state index in [0.29, 0.717) is 5.92 Å². The molecule has 0 aromatic carbocycles. The summed E-state index contributed by atoms with van der Waals surface area (Å²) in [5, 5.41) is 5.70. The zero-order valence-corrected chi connectivity index (χ0v) is 12.4. The number of fused-ring (bicyclic) bond motifs is 1. The van der Waals surface area contributed by atoms with Crippen molar-refractivity contribution in [2.45, 2.75) is 38.1 Å². The fraction of sp³-hybridized carbons (Fsp3) is 0.438. The summed E-state index contributed by atoms with van der Waals surface area (Å²) < 4.78 is 13.5. The van der Waals surface area contributed by atoms with Crippen molar-refractivity contribution >= 4 is 11.3 Å². The first-order chi connectivity index (χ1) is 9.79. The molecule has 106 valence electrons. The molecule has 3 rings (SSSR count). The van der Waals surface area contributed by atoms with Crippen LogP contribution >= 0.6 is 11.3 Å². The Morgan fingerprint density at radius 1 is 1.50 bits per heavy atom. The standard InChI is InChI=1S/C16H19FN2S/c1-2-19-16(11-8-12(17)10-18-9-11)14-4-3-5-15-13(14)6-7-20-15/h6-10,14,16,19H,2-5H2,1H3. The molecular weight excluding hydrogens is 271 g/mol. The van der Waals surface area contributed by atoms with Gasteiger partial charge >= 0.3 is 0 Å². The molecule has 4 heteroatoms. The molecule has 0 saturated heterocycles. The lowest BCUT2D eigenvalue weighted by molar-refractivity contribution is 0.409. The summed E-state index contributed by atoms with van der Waals surface area (Å²) >= 11 is 1.85. The first kappa shape index (κ1) is 13.7. The Morgan fingerprint density at radius 2 is 2.40 bits per heavy atom. The summed E-state index contributed by atoms with van der Waals surface area (Å²) in [6.45, 7) is 2.97. The summed E-state index contributed by atoms with van der Waals surface area (Å²) in [6.07, 6.45) is 6.60. The van der Waals surface area contributed by atoms with Gasteiger partial charge in [-0.2, -0.15) is 0 Å². The van der Waals surface area contributed by atoms with Gasteiger partial charge in [-0.05, 0) is 54.4 Å². The molecule has 2 atom stereocenters. The Kier molecular flexibility index (Phi) is 4.13. The number of aromatic nitrogens is 1. The van der Waals surface area contributed by atoms with Crippen LogP contribution in [0.5, 0.6) is 0 Å². The third-order valence-electron chi connectivity index (χ3n) is 4.01. The molecule has 0 saturated carbocycles. The van der Waals surface area contributed by atoms with Crippen LogP contribution in [0.3, 0.4) is 0 Å². The van der Waals surface area contributed by atoms with Crippen LogP contribution in [0.2, 0.25) is 0 Å². The molecule has 2 unspecified atom stereocenters. The Labute approximate surface area is 123 Å². The number of nitrogens with one attached hydrogen (secondary N) is 1. The minimum Gasteiger partial charge on any atom is -0.310 e. The number of hydrogen-bond donors (Lipinski definition) is 1. The third-order valence-corrected chi connectivity index (χ3v) is 5.01. The van der Waals surface area contributed by atoms with E-state index >= 15 is 0 Å². The molecule has 2 aromatic rings. The average molecular weight is 290 g/mol. The summed E-state index contributed by atoms with van der Waals surface area (Å²) in [6, 6.07) is 4.00. The highest BCUT2D eigenvalue weighted by molar-refractivity contribution is 7.10. The van der Waals surface area contributed by atoms with Crippen LogP contribution < -0.4 is 5.32 Å². The van der Waals surface area contributed by atoms with Crippen molar-refractivity contribution in [3.8, 4) is 0 Å². The molecule has 0 bridgehead atoms. The highest BCUT2D eigenvalue weighted by Crippen LogP contribution is 2.42. The van der Waals surface area contributed by atoms with Crippen molar-refractivity contribution < 1.29 is 4.39 Å². The van der Waals surface area contributed by atoms with Gasteiger partial charge in [0.2, 0.25) is 0 Å². The lowest BCUT2D eigenvalue weighted by Crippen LogP contribution is -2.29. The number of rotatable bonds is 4. The van der Waals surface area contributed by atoms with Gasteiger partial charge in [-0.1, -0.05) is 6.92 Å². The Hall–Kier alpha value is -1.26. The maximum atomic E-state index is 13.5. The lowest BCUT2D eigenvalue weighted by Gasteiger charge is -2.31. The average Bonchev–Trinajstić information content (AvgIpc) is 2.93. The zero-order chi connectivity index (χ0) is 13.9. The second-order valence-corrected chi connectivity index (χ2v) is 6.27. The zero-order valence-electron chi connectivity index (χ0n) is 11.6. The van der Waals surface area contributed by atoms with Crippen LogP contribution in [-0.2, 0) is 6.42 Å². The fourth-order valence-electron chi connectivity index (χ4n) is 3.18. The predicted octanol–water partition coefficient (Wildman–Crippen LogP) is 4.05. The van der Waals surface area contributed by atoms with Crippen LogP contribution in [0, 0.1) is 5.82 Å². The first-order valence-electron chi connectivity index (χ1n) is 7.19. The molecular formula is C16H19FN2S. The SMILES string of the molecule is CCNC(c1cncc(F)c1)C1CCCc2sccc21. The van der Waals surface area contributed by atoms with Gasteiger partial charge in [0, 0.05) is 23.0 Å². The van der Waals surface area contributed by atoms with E-state index in [1.807, 2.05) is 11.3 Å². The predicted molar refractivity (Wildman–Crippen MR) is 80.6 cm³/mol. The largest absolute Gasteiger partial charge is 0.310 e. The smallest absolute Gasteiger partial charge is 0.141 e. The van der Waals surface area contributed by atoms with E-state index in [4.69, 9.17) is 0 Å². The van der Waals surface area contributed by atoms with Crippen LogP contribution in [0.25, 0.3) is 0 Å². The van der Waals surface area contributed by atoms with E-state index < -0.39 is 0 Å². The van der Waals surface area contributed by atoms with E-state index in [0.717, 1.165) is 18.5 Å². The third kappa shape index (κ3) is 2.63. The first-order valence-corrected chi connectivity index (χ1v) is 8.07. The van der Waals surface area contributed by atoms with Crippen molar-refractivity contribution in [2.75, 3.05) is 6.54 Å². The summed E-state index contributed by atoms with van der Waals surface area (Å²) in [5.41, 5.74) is 2.40. The van der Waals surface area contributed by atoms with E-state index in [1.165, 1.54) is 29.5 Å². The minimum atomic E-state index is -0.258. The van der Waals surface area contributed by atoms with Gasteiger partial charge in [0.15, 0.2) is 0 Å².